The number of rotatable bonds is 8. The zero-order valence-electron chi connectivity index (χ0n) is 13.8. The molecule has 25 heavy (non-hydrogen) atoms. The second-order valence-corrected chi connectivity index (χ2v) is 9.07. The van der Waals surface area contributed by atoms with Gasteiger partial charge < -0.3 is 4.74 Å². The quantitative estimate of drug-likeness (QED) is 0.458. The molecule has 0 bridgehead atoms. The molecule has 0 fully saturated rings. The number of alkyl halides is 1. The minimum Gasteiger partial charge on any atom is -0.375 e. The number of aromatic nitrogens is 3. The normalized spacial score (nSPS) is 11.4. The summed E-state index contributed by atoms with van der Waals surface area (Å²) in [6, 6.07) is 12.4. The molecule has 0 radical (unpaired) electrons. The van der Waals surface area contributed by atoms with Gasteiger partial charge in [-0.05, 0) is 36.4 Å². The summed E-state index contributed by atoms with van der Waals surface area (Å²) >= 11 is 0. The summed E-state index contributed by atoms with van der Waals surface area (Å²) in [7, 11) is -1.96. The van der Waals surface area contributed by atoms with Gasteiger partial charge >= 0.3 is 0 Å². The summed E-state index contributed by atoms with van der Waals surface area (Å²) in [4.78, 5) is 12.5. The van der Waals surface area contributed by atoms with Gasteiger partial charge in [-0.3, -0.25) is 15.0 Å². The van der Waals surface area contributed by atoms with Crippen molar-refractivity contribution in [1.29, 1.82) is 0 Å². The Bertz CT molecular complexity index is 663. The van der Waals surface area contributed by atoms with E-state index in [1.165, 1.54) is 15.9 Å². The standard InChI is InChI=1S/C19H20FN3OP/c20-7-14-24-15-16-25(17-1-8-21-9-2-17,18-3-10-22-11-4-18)19-5-12-23-13-6-19/h1-6,8-13H,7,14-16H2/q+1. The van der Waals surface area contributed by atoms with Crippen LogP contribution in [-0.2, 0) is 4.74 Å². The highest BCUT2D eigenvalue weighted by Gasteiger charge is 2.45. The minimum absolute atomic E-state index is 0.128. The molecule has 0 saturated heterocycles. The van der Waals surface area contributed by atoms with E-state index in [4.69, 9.17) is 4.74 Å². The predicted molar refractivity (Wildman–Crippen MR) is 100 cm³/mol. The average Bonchev–Trinajstić information content (AvgIpc) is 2.70. The monoisotopic (exact) mass is 356 g/mol. The van der Waals surface area contributed by atoms with E-state index in [1.54, 1.807) is 0 Å². The van der Waals surface area contributed by atoms with Gasteiger partial charge in [-0.1, -0.05) is 0 Å². The van der Waals surface area contributed by atoms with E-state index < -0.39 is 13.9 Å². The van der Waals surface area contributed by atoms with Crippen LogP contribution in [0.5, 0.6) is 0 Å². The average molecular weight is 356 g/mol. The fourth-order valence-electron chi connectivity index (χ4n) is 2.99. The van der Waals surface area contributed by atoms with Crippen LogP contribution in [0, 0.1) is 0 Å². The lowest BCUT2D eigenvalue weighted by atomic mass is 10.5. The molecule has 0 saturated carbocycles. The first-order chi connectivity index (χ1) is 12.4. The third-order valence-electron chi connectivity index (χ3n) is 4.10. The molecule has 3 aromatic heterocycles. The van der Waals surface area contributed by atoms with Crippen molar-refractivity contribution in [2.75, 3.05) is 26.1 Å². The maximum atomic E-state index is 12.4. The number of halogens is 1. The van der Waals surface area contributed by atoms with Gasteiger partial charge in [0.1, 0.15) is 29.9 Å². The summed E-state index contributed by atoms with van der Waals surface area (Å²) in [5.41, 5.74) is 0. The molecule has 0 aliphatic carbocycles. The van der Waals surface area contributed by atoms with Crippen LogP contribution < -0.4 is 15.9 Å². The smallest absolute Gasteiger partial charge is 0.114 e. The molecule has 0 N–H and O–H groups in total. The maximum Gasteiger partial charge on any atom is 0.114 e. The molecule has 0 amide bonds. The van der Waals surface area contributed by atoms with Gasteiger partial charge in [-0.15, -0.1) is 0 Å². The fourth-order valence-corrected chi connectivity index (χ4v) is 6.99. The number of hydrogen-bond donors (Lipinski definition) is 0. The Balaban J connectivity index is 2.13. The third-order valence-corrected chi connectivity index (χ3v) is 8.50. The molecule has 3 rings (SSSR count). The Hall–Kier alpha value is -2.23. The van der Waals surface area contributed by atoms with Gasteiger partial charge in [-0.2, -0.15) is 0 Å². The van der Waals surface area contributed by atoms with Crippen molar-refractivity contribution in [1.82, 2.24) is 15.0 Å². The zero-order valence-corrected chi connectivity index (χ0v) is 14.7. The first kappa shape index (κ1) is 17.6. The van der Waals surface area contributed by atoms with Crippen molar-refractivity contribution in [2.45, 2.75) is 0 Å². The molecule has 0 spiro atoms. The highest BCUT2D eigenvalue weighted by molar-refractivity contribution is 7.95. The topological polar surface area (TPSA) is 47.9 Å². The highest BCUT2D eigenvalue weighted by Crippen LogP contribution is 2.54. The van der Waals surface area contributed by atoms with Gasteiger partial charge in [0.25, 0.3) is 0 Å². The summed E-state index contributed by atoms with van der Waals surface area (Å²) in [6.45, 7) is 0.152. The molecule has 0 aliphatic heterocycles. The van der Waals surface area contributed by atoms with Crippen LogP contribution >= 0.6 is 7.26 Å². The Morgan fingerprint density at radius 3 is 1.44 bits per heavy atom. The van der Waals surface area contributed by atoms with Crippen LogP contribution in [0.3, 0.4) is 0 Å². The third kappa shape index (κ3) is 3.89. The second-order valence-electron chi connectivity index (χ2n) is 5.45. The fraction of sp³-hybridized carbons (Fsp3) is 0.211. The molecule has 128 valence electrons. The minimum atomic E-state index is -1.96. The van der Waals surface area contributed by atoms with Gasteiger partial charge in [0.05, 0.1) is 19.4 Å². The lowest BCUT2D eigenvalue weighted by Crippen LogP contribution is -2.35. The van der Waals surface area contributed by atoms with Crippen molar-refractivity contribution >= 4 is 23.2 Å². The lowest BCUT2D eigenvalue weighted by molar-refractivity contribution is 0.132. The van der Waals surface area contributed by atoms with Crippen molar-refractivity contribution in [2.24, 2.45) is 0 Å². The maximum absolute atomic E-state index is 12.4. The molecule has 0 unspecified atom stereocenters. The molecule has 4 nitrogen and oxygen atoms in total. The van der Waals surface area contributed by atoms with Crippen molar-refractivity contribution < 1.29 is 9.13 Å². The van der Waals surface area contributed by atoms with E-state index in [0.717, 1.165) is 6.16 Å². The molecule has 0 atom stereocenters. The first-order valence-corrected chi connectivity index (χ1v) is 10.1. The molecule has 0 aromatic carbocycles. The Morgan fingerprint density at radius 1 is 0.680 bits per heavy atom. The van der Waals surface area contributed by atoms with Gasteiger partial charge in [0.15, 0.2) is 0 Å². The Kier molecular flexibility index (Phi) is 6.15. The highest BCUT2D eigenvalue weighted by atomic mass is 31.2. The van der Waals surface area contributed by atoms with E-state index >= 15 is 0 Å². The molecule has 3 aromatic rings. The largest absolute Gasteiger partial charge is 0.375 e. The van der Waals surface area contributed by atoms with Crippen molar-refractivity contribution in [3.8, 4) is 0 Å². The summed E-state index contributed by atoms with van der Waals surface area (Å²) in [5.74, 6) is 0. The van der Waals surface area contributed by atoms with Crippen LogP contribution in [0.1, 0.15) is 0 Å². The van der Waals surface area contributed by atoms with Crippen LogP contribution in [0.4, 0.5) is 4.39 Å². The summed E-state index contributed by atoms with van der Waals surface area (Å²) in [5, 5.41) is 3.64. The van der Waals surface area contributed by atoms with Crippen molar-refractivity contribution in [3.63, 3.8) is 0 Å². The van der Waals surface area contributed by atoms with E-state index in [2.05, 4.69) is 51.4 Å². The van der Waals surface area contributed by atoms with E-state index in [9.17, 15) is 4.39 Å². The van der Waals surface area contributed by atoms with Crippen LogP contribution in [0.25, 0.3) is 0 Å². The zero-order chi connectivity index (χ0) is 17.4. The molecule has 6 heteroatoms. The molecule has 3 heterocycles. The number of ether oxygens (including phenoxy) is 1. The molecule has 0 aliphatic rings. The SMILES string of the molecule is FCCOCC[P+](c1ccncc1)(c1ccncc1)c1ccncc1. The summed E-state index contributed by atoms with van der Waals surface area (Å²) < 4.78 is 17.9. The van der Waals surface area contributed by atoms with E-state index in [0.29, 0.717) is 6.61 Å². The van der Waals surface area contributed by atoms with Crippen LogP contribution in [0.15, 0.2) is 73.6 Å². The van der Waals surface area contributed by atoms with Crippen molar-refractivity contribution in [3.05, 3.63) is 73.6 Å². The Labute approximate surface area is 147 Å². The molecular weight excluding hydrogens is 336 g/mol. The van der Waals surface area contributed by atoms with Gasteiger partial charge in [0, 0.05) is 37.2 Å². The second kappa shape index (κ2) is 8.75. The van der Waals surface area contributed by atoms with E-state index in [1.807, 2.05) is 37.2 Å². The van der Waals surface area contributed by atoms with Gasteiger partial charge in [-0.25, -0.2) is 4.39 Å². The molecular formula is C19H20FN3OP+. The predicted octanol–water partition coefficient (Wildman–Crippen LogP) is 2.15. The Morgan fingerprint density at radius 2 is 1.08 bits per heavy atom. The summed E-state index contributed by atoms with van der Waals surface area (Å²) in [6.07, 6.45) is 11.7. The lowest BCUT2D eigenvalue weighted by Gasteiger charge is -2.27. The van der Waals surface area contributed by atoms with Crippen LogP contribution in [0.2, 0.25) is 0 Å². The van der Waals surface area contributed by atoms with E-state index in [-0.39, 0.29) is 6.61 Å². The number of hydrogen-bond acceptors (Lipinski definition) is 4. The first-order valence-electron chi connectivity index (χ1n) is 8.11. The van der Waals surface area contributed by atoms with Gasteiger partial charge in [0.2, 0.25) is 0 Å². The number of nitrogens with zero attached hydrogens (tertiary/aromatic N) is 3. The van der Waals surface area contributed by atoms with Crippen LogP contribution in [-0.4, -0.2) is 41.0 Å². The number of pyridine rings is 3.